The number of halogens is 7. The van der Waals surface area contributed by atoms with Crippen LogP contribution in [0.2, 0.25) is 0 Å². The average molecular weight is 832 g/mol. The van der Waals surface area contributed by atoms with Crippen LogP contribution >= 0.6 is 12.4 Å². The Labute approximate surface area is 319 Å². The van der Waals surface area contributed by atoms with Crippen molar-refractivity contribution in [3.63, 3.8) is 0 Å². The van der Waals surface area contributed by atoms with E-state index in [2.05, 4.69) is 27.5 Å². The molecule has 4 aromatic rings. The Bertz CT molecular complexity index is 2340. The highest BCUT2D eigenvalue weighted by Crippen LogP contribution is 2.32. The zero-order chi connectivity index (χ0) is 40.4. The van der Waals surface area contributed by atoms with Crippen LogP contribution in [0.5, 0.6) is 11.6 Å². The van der Waals surface area contributed by atoms with E-state index in [4.69, 9.17) is 16.9 Å². The molecule has 294 valence electrons. The third-order valence-corrected chi connectivity index (χ3v) is 7.76. The number of nitrogens with one attached hydrogen (secondary N) is 3. The maximum absolute atomic E-state index is 14.4. The number of hydrogen-bond donors (Lipinski definition) is 4. The fourth-order valence-electron chi connectivity index (χ4n) is 4.27. The molecule has 0 fully saturated rings. The molecular weight excluding hydrogens is 800 g/mol. The summed E-state index contributed by atoms with van der Waals surface area (Å²) in [6.45, 7) is 3.46. The number of aromatic nitrogens is 1. The van der Waals surface area contributed by atoms with E-state index in [0.29, 0.717) is 17.2 Å². The number of hydrogen-bond acceptors (Lipinski definition) is 8. The van der Waals surface area contributed by atoms with Crippen molar-refractivity contribution in [2.75, 3.05) is 22.0 Å². The first-order valence-corrected chi connectivity index (χ1v) is 18.8. The molecule has 55 heavy (non-hydrogen) atoms. The molecule has 0 saturated carbocycles. The number of carbonyl (C=O) groups is 1. The van der Waals surface area contributed by atoms with Gasteiger partial charge in [0.25, 0.3) is 0 Å². The molecule has 0 aliphatic heterocycles. The number of sulfonamides is 2. The lowest BCUT2D eigenvalue weighted by atomic mass is 10.1. The number of anilines is 2. The fourth-order valence-corrected chi connectivity index (χ4v) is 5.44. The summed E-state index contributed by atoms with van der Waals surface area (Å²) < 4.78 is 135. The minimum absolute atomic E-state index is 0. The molecule has 5 N–H and O–H groups in total. The Morgan fingerprint density at radius 2 is 1.49 bits per heavy atom. The van der Waals surface area contributed by atoms with Crippen molar-refractivity contribution in [3.05, 3.63) is 124 Å². The molecule has 1 heterocycles. The van der Waals surface area contributed by atoms with Crippen LogP contribution in [-0.2, 0) is 44.1 Å². The van der Waals surface area contributed by atoms with E-state index in [1.807, 2.05) is 4.72 Å². The summed E-state index contributed by atoms with van der Waals surface area (Å²) >= 11 is 0. The molecule has 0 radical (unpaired) electrons. The second kappa shape index (κ2) is 19.2. The van der Waals surface area contributed by atoms with Crippen LogP contribution < -0.4 is 25.2 Å². The normalized spacial score (nSPS) is 11.3. The summed E-state index contributed by atoms with van der Waals surface area (Å²) in [6.07, 6.45) is 5.86. The maximum atomic E-state index is 14.4. The smallest absolute Gasteiger partial charge is 0.433 e. The minimum atomic E-state index is -4.76. The summed E-state index contributed by atoms with van der Waals surface area (Å²) in [7, 11) is -7.32. The van der Waals surface area contributed by atoms with Crippen LogP contribution in [0.15, 0.2) is 73.3 Å². The van der Waals surface area contributed by atoms with Crippen LogP contribution in [0.25, 0.3) is 12.2 Å². The van der Waals surface area contributed by atoms with Gasteiger partial charge in [0, 0.05) is 30.3 Å². The molecule has 0 spiro atoms. The largest absolute Gasteiger partial charge is 0.438 e. The average Bonchev–Trinajstić information content (AvgIpc) is 3.08. The molecule has 20 heteroatoms. The highest BCUT2D eigenvalue weighted by Gasteiger charge is 2.33. The lowest BCUT2D eigenvalue weighted by molar-refractivity contribution is -0.141. The fraction of sp³-hybridized carbons (Fsp3) is 0.143. The van der Waals surface area contributed by atoms with Crippen molar-refractivity contribution in [2.24, 2.45) is 5.73 Å². The van der Waals surface area contributed by atoms with Gasteiger partial charge in [-0.05, 0) is 77.9 Å². The van der Waals surface area contributed by atoms with Crippen LogP contribution in [0.4, 0.5) is 37.7 Å². The van der Waals surface area contributed by atoms with E-state index in [9.17, 15) is 48.0 Å². The number of carbonyl (C=O) groups excluding carboxylic acids is 1. The molecule has 1 amide bonds. The highest BCUT2D eigenvalue weighted by atomic mass is 35.5. The van der Waals surface area contributed by atoms with Gasteiger partial charge >= 0.3 is 6.18 Å². The molecule has 1 aromatic heterocycles. The zero-order valence-corrected chi connectivity index (χ0v) is 31.1. The predicted molar refractivity (Wildman–Crippen MR) is 199 cm³/mol. The van der Waals surface area contributed by atoms with Crippen molar-refractivity contribution in [1.82, 2.24) is 10.3 Å². The molecule has 11 nitrogen and oxygen atoms in total. The molecule has 0 bridgehead atoms. The molecule has 0 aliphatic rings. The molecular formula is C35H32ClF6N5O6S2. The van der Waals surface area contributed by atoms with Gasteiger partial charge in [0.05, 0.1) is 29.4 Å². The van der Waals surface area contributed by atoms with Crippen LogP contribution in [0.1, 0.15) is 33.5 Å². The van der Waals surface area contributed by atoms with E-state index in [0.717, 1.165) is 48.9 Å². The van der Waals surface area contributed by atoms with Gasteiger partial charge in [-0.1, -0.05) is 18.6 Å². The van der Waals surface area contributed by atoms with Gasteiger partial charge in [0.2, 0.25) is 31.8 Å². The molecule has 3 aromatic carbocycles. The van der Waals surface area contributed by atoms with Crippen molar-refractivity contribution >= 4 is 61.9 Å². The SMILES string of the molecule is C#Cc1cc(CNC(=O)C=Cc2ccc(C(F)(F)F)nc2Oc2ccc(F)cc2)cc(F)c1NS(C)(=O)=O.C=Cc1cc(CN)cc(F)c1NS(C)(=O)=O.Cl. The topological polar surface area (TPSA) is 170 Å². The summed E-state index contributed by atoms with van der Waals surface area (Å²) in [6, 6.07) is 11.3. The maximum Gasteiger partial charge on any atom is 0.433 e. The number of nitrogens with zero attached hydrogens (tertiary/aromatic N) is 1. The van der Waals surface area contributed by atoms with Gasteiger partial charge in [0.15, 0.2) is 0 Å². The Morgan fingerprint density at radius 1 is 0.909 bits per heavy atom. The van der Waals surface area contributed by atoms with Crippen molar-refractivity contribution < 1.29 is 52.7 Å². The summed E-state index contributed by atoms with van der Waals surface area (Å²) in [5, 5.41) is 2.44. The first-order valence-electron chi connectivity index (χ1n) is 15.0. The van der Waals surface area contributed by atoms with Crippen LogP contribution in [0, 0.1) is 29.8 Å². The minimum Gasteiger partial charge on any atom is -0.438 e. The van der Waals surface area contributed by atoms with E-state index in [1.54, 1.807) is 6.07 Å². The summed E-state index contributed by atoms with van der Waals surface area (Å²) in [4.78, 5) is 15.8. The number of nitrogens with two attached hydrogens (primary N) is 1. The monoisotopic (exact) mass is 831 g/mol. The van der Waals surface area contributed by atoms with Crippen molar-refractivity contribution in [1.29, 1.82) is 0 Å². The number of ether oxygens (including phenoxy) is 1. The van der Waals surface area contributed by atoms with Crippen LogP contribution in [-0.4, -0.2) is 40.2 Å². The molecule has 4 rings (SSSR count). The number of benzene rings is 3. The third kappa shape index (κ3) is 14.3. The number of terminal acetylenes is 1. The Hall–Kier alpha value is -5.55. The molecule has 0 saturated heterocycles. The summed E-state index contributed by atoms with van der Waals surface area (Å²) in [5.41, 5.74) is 4.71. The Kier molecular flexibility index (Phi) is 15.9. The first-order chi connectivity index (χ1) is 25.1. The second-order valence-corrected chi connectivity index (χ2v) is 14.5. The zero-order valence-electron chi connectivity index (χ0n) is 28.7. The van der Waals surface area contributed by atoms with Gasteiger partial charge in [-0.25, -0.2) is 35.0 Å². The van der Waals surface area contributed by atoms with Crippen molar-refractivity contribution in [2.45, 2.75) is 19.3 Å². The molecule has 0 aliphatic carbocycles. The Morgan fingerprint density at radius 3 is 2.04 bits per heavy atom. The van der Waals surface area contributed by atoms with Gasteiger partial charge in [0.1, 0.15) is 28.9 Å². The van der Waals surface area contributed by atoms with Gasteiger partial charge in [-0.2, -0.15) is 13.2 Å². The Balaban J connectivity index is 0.000000516. The molecule has 0 unspecified atom stereocenters. The third-order valence-electron chi connectivity index (χ3n) is 6.61. The molecule has 0 atom stereocenters. The lowest BCUT2D eigenvalue weighted by Crippen LogP contribution is -2.20. The van der Waals surface area contributed by atoms with E-state index in [-0.39, 0.29) is 53.6 Å². The number of rotatable bonds is 12. The highest BCUT2D eigenvalue weighted by molar-refractivity contribution is 7.92. The first kappa shape index (κ1) is 45.6. The number of pyridine rings is 1. The number of alkyl halides is 3. The van der Waals surface area contributed by atoms with E-state index in [1.165, 1.54) is 30.3 Å². The lowest BCUT2D eigenvalue weighted by Gasteiger charge is -2.12. The second-order valence-electron chi connectivity index (χ2n) is 11.0. The number of amides is 1. The van der Waals surface area contributed by atoms with E-state index >= 15 is 0 Å². The van der Waals surface area contributed by atoms with Gasteiger partial charge < -0.3 is 15.8 Å². The van der Waals surface area contributed by atoms with Crippen molar-refractivity contribution in [3.8, 4) is 24.0 Å². The van der Waals surface area contributed by atoms with Gasteiger partial charge in [-0.15, -0.1) is 18.8 Å². The van der Waals surface area contributed by atoms with Crippen LogP contribution in [0.3, 0.4) is 0 Å². The van der Waals surface area contributed by atoms with E-state index < -0.39 is 66.8 Å². The quantitative estimate of drug-likeness (QED) is 0.0706. The van der Waals surface area contributed by atoms with Gasteiger partial charge in [-0.3, -0.25) is 14.2 Å². The predicted octanol–water partition coefficient (Wildman–Crippen LogP) is 6.57. The standard InChI is InChI=1S/C25H18F5N3O4S.C10H13FN2O2S.ClH/c1-3-16-12-15(13-20(27)23(16)33-38(2,35)36)14-31-22(34)11-5-17-4-10-21(25(28,29)30)32-24(17)37-19-8-6-18(26)7-9-19;1-3-8-4-7(6-12)5-9(11)10(8)13-16(2,14)15;/h1,4-13,33H,14H2,2H3,(H,31,34);3-5,13H,1,6,12H2,2H3;1H. The summed E-state index contributed by atoms with van der Waals surface area (Å²) in [5.74, 6) is -1.22.